The molecule has 1 N–H and O–H groups in total. The summed E-state index contributed by atoms with van der Waals surface area (Å²) in [4.78, 5) is 11.7. The fourth-order valence-electron chi connectivity index (χ4n) is 4.67. The highest BCUT2D eigenvalue weighted by Gasteiger charge is 2.43. The molecule has 1 aliphatic rings. The molecule has 36 heavy (non-hydrogen) atoms. The van der Waals surface area contributed by atoms with E-state index in [1.165, 1.54) is 0 Å². The number of para-hydroxylation sites is 1. The van der Waals surface area contributed by atoms with Gasteiger partial charge in [0.25, 0.3) is 0 Å². The Hall–Kier alpha value is -3.95. The minimum atomic E-state index is -0.226. The van der Waals surface area contributed by atoms with E-state index in [0.29, 0.717) is 10.9 Å². The summed E-state index contributed by atoms with van der Waals surface area (Å²) in [6.45, 7) is 0. The number of ether oxygens (including phenoxy) is 2. The number of hydrogen-bond acceptors (Lipinski definition) is 6. The molecule has 5 aromatic rings. The molecular formula is C27H23N5O2S2. The molecule has 0 bridgehead atoms. The SMILES string of the molecule is COc1ccc(OC)c(N2C(=S)N[C@H](c3ccccn3)[C@H]2c2cccn2-c2nc3ccccc3s2)c1. The third-order valence-corrected chi connectivity index (χ3v) is 7.67. The van der Waals surface area contributed by atoms with Gasteiger partial charge in [-0.05, 0) is 60.7 Å². The average Bonchev–Trinajstić information content (AvgIpc) is 3.65. The van der Waals surface area contributed by atoms with Crippen LogP contribution < -0.4 is 19.7 Å². The van der Waals surface area contributed by atoms with Crippen LogP contribution in [0, 0.1) is 0 Å². The number of anilines is 1. The van der Waals surface area contributed by atoms with Crippen LogP contribution in [0.25, 0.3) is 15.3 Å². The van der Waals surface area contributed by atoms with Crippen LogP contribution >= 0.6 is 23.6 Å². The number of aromatic nitrogens is 3. The molecule has 1 saturated heterocycles. The minimum Gasteiger partial charge on any atom is -0.497 e. The van der Waals surface area contributed by atoms with Gasteiger partial charge in [0.15, 0.2) is 10.2 Å². The number of benzene rings is 2. The van der Waals surface area contributed by atoms with Crippen LogP contribution in [0.1, 0.15) is 23.5 Å². The van der Waals surface area contributed by atoms with Crippen LogP contribution in [-0.4, -0.2) is 33.9 Å². The molecular weight excluding hydrogens is 490 g/mol. The second-order valence-corrected chi connectivity index (χ2v) is 9.70. The highest BCUT2D eigenvalue weighted by atomic mass is 32.1. The summed E-state index contributed by atoms with van der Waals surface area (Å²) < 4.78 is 14.6. The number of fused-ring (bicyclic) bond motifs is 1. The van der Waals surface area contributed by atoms with Crippen molar-refractivity contribution < 1.29 is 9.47 Å². The number of methoxy groups -OCH3 is 2. The van der Waals surface area contributed by atoms with E-state index in [4.69, 9.17) is 26.7 Å². The molecule has 6 rings (SSSR count). The van der Waals surface area contributed by atoms with Crippen molar-refractivity contribution in [3.8, 4) is 16.6 Å². The van der Waals surface area contributed by atoms with Crippen LogP contribution in [0.3, 0.4) is 0 Å². The van der Waals surface area contributed by atoms with Crippen molar-refractivity contribution in [2.24, 2.45) is 0 Å². The molecule has 0 radical (unpaired) electrons. The second kappa shape index (κ2) is 9.25. The molecule has 3 aromatic heterocycles. The molecule has 4 heterocycles. The normalized spacial score (nSPS) is 17.4. The molecule has 0 saturated carbocycles. The van der Waals surface area contributed by atoms with Gasteiger partial charge >= 0.3 is 0 Å². The summed E-state index contributed by atoms with van der Waals surface area (Å²) in [6.07, 6.45) is 3.85. The van der Waals surface area contributed by atoms with E-state index in [9.17, 15) is 0 Å². The van der Waals surface area contributed by atoms with Gasteiger partial charge in [-0.15, -0.1) is 0 Å². The van der Waals surface area contributed by atoms with Gasteiger partial charge in [-0.25, -0.2) is 4.98 Å². The van der Waals surface area contributed by atoms with E-state index in [-0.39, 0.29) is 12.1 Å². The monoisotopic (exact) mass is 513 g/mol. The van der Waals surface area contributed by atoms with Crippen molar-refractivity contribution in [1.29, 1.82) is 0 Å². The molecule has 0 amide bonds. The number of thiocarbonyl (C=S) groups is 1. The Morgan fingerprint density at radius 1 is 0.972 bits per heavy atom. The zero-order chi connectivity index (χ0) is 24.6. The molecule has 1 aliphatic heterocycles. The minimum absolute atomic E-state index is 0.197. The second-order valence-electron chi connectivity index (χ2n) is 8.30. The number of rotatable bonds is 6. The number of thiazole rings is 1. The first-order valence-electron chi connectivity index (χ1n) is 11.4. The quantitative estimate of drug-likeness (QED) is 0.293. The largest absolute Gasteiger partial charge is 0.497 e. The maximum Gasteiger partial charge on any atom is 0.194 e. The van der Waals surface area contributed by atoms with Gasteiger partial charge in [-0.2, -0.15) is 0 Å². The Morgan fingerprint density at radius 3 is 2.61 bits per heavy atom. The average molecular weight is 514 g/mol. The summed E-state index contributed by atoms with van der Waals surface area (Å²) in [5, 5.41) is 5.00. The van der Waals surface area contributed by atoms with E-state index in [1.54, 1.807) is 31.8 Å². The summed E-state index contributed by atoms with van der Waals surface area (Å²) in [5.74, 6) is 1.42. The first kappa shape index (κ1) is 22.5. The van der Waals surface area contributed by atoms with Crippen molar-refractivity contribution in [1.82, 2.24) is 19.9 Å². The molecule has 0 unspecified atom stereocenters. The molecule has 7 nitrogen and oxygen atoms in total. The summed E-state index contributed by atoms with van der Waals surface area (Å²) >= 11 is 7.57. The first-order valence-corrected chi connectivity index (χ1v) is 12.7. The van der Waals surface area contributed by atoms with Crippen molar-refractivity contribution in [2.75, 3.05) is 19.1 Å². The van der Waals surface area contributed by atoms with Crippen LogP contribution in [-0.2, 0) is 0 Å². The van der Waals surface area contributed by atoms with Crippen molar-refractivity contribution in [3.05, 3.63) is 96.6 Å². The number of pyridine rings is 1. The predicted octanol–water partition coefficient (Wildman–Crippen LogP) is 5.68. The standard InChI is InChI=1S/C27H23N5O2S2/c1-33-17-12-13-22(34-2)21(16-17)32-25(24(30-26(32)35)19-9-5-6-14-28-19)20-10-7-15-31(20)27-29-18-8-3-4-11-23(18)36-27/h3-16,24-25H,1-2H3,(H,30,35)/t24-,25-/m1/s1. The Labute approximate surface area is 217 Å². The fourth-order valence-corrected chi connectivity index (χ4v) is 5.98. The molecule has 2 aromatic carbocycles. The van der Waals surface area contributed by atoms with Gasteiger partial charge in [0.05, 0.1) is 47.6 Å². The van der Waals surface area contributed by atoms with Crippen LogP contribution in [0.4, 0.5) is 5.69 Å². The van der Waals surface area contributed by atoms with E-state index in [2.05, 4.69) is 31.9 Å². The van der Waals surface area contributed by atoms with Crippen molar-refractivity contribution >= 4 is 44.6 Å². The maximum atomic E-state index is 5.92. The molecule has 2 atom stereocenters. The molecule has 0 spiro atoms. The first-order chi connectivity index (χ1) is 17.7. The lowest BCUT2D eigenvalue weighted by Gasteiger charge is -2.29. The van der Waals surface area contributed by atoms with Crippen LogP contribution in [0.15, 0.2) is 85.2 Å². The van der Waals surface area contributed by atoms with E-state index >= 15 is 0 Å². The topological polar surface area (TPSA) is 64.4 Å². The van der Waals surface area contributed by atoms with E-state index in [0.717, 1.165) is 38.2 Å². The number of hydrogen-bond donors (Lipinski definition) is 1. The predicted molar refractivity (Wildman–Crippen MR) is 146 cm³/mol. The molecule has 9 heteroatoms. The van der Waals surface area contributed by atoms with Gasteiger partial charge in [-0.3, -0.25) is 9.55 Å². The molecule has 180 valence electrons. The lowest BCUT2D eigenvalue weighted by atomic mass is 10.0. The van der Waals surface area contributed by atoms with E-state index in [1.807, 2.05) is 66.9 Å². The van der Waals surface area contributed by atoms with Gasteiger partial charge in [-0.1, -0.05) is 29.5 Å². The van der Waals surface area contributed by atoms with Gasteiger partial charge in [0.1, 0.15) is 17.5 Å². The summed E-state index contributed by atoms with van der Waals surface area (Å²) in [6, 6.07) is 23.6. The summed E-state index contributed by atoms with van der Waals surface area (Å²) in [5.41, 5.74) is 3.72. The number of nitrogens with one attached hydrogen (secondary N) is 1. The lowest BCUT2D eigenvalue weighted by Crippen LogP contribution is -2.30. The van der Waals surface area contributed by atoms with Crippen LogP contribution in [0.2, 0.25) is 0 Å². The van der Waals surface area contributed by atoms with Crippen molar-refractivity contribution in [3.63, 3.8) is 0 Å². The van der Waals surface area contributed by atoms with Gasteiger partial charge in [0, 0.05) is 18.5 Å². The van der Waals surface area contributed by atoms with Gasteiger partial charge < -0.3 is 19.7 Å². The zero-order valence-electron chi connectivity index (χ0n) is 19.7. The maximum absolute atomic E-state index is 5.92. The van der Waals surface area contributed by atoms with E-state index < -0.39 is 0 Å². The Morgan fingerprint density at radius 2 is 1.83 bits per heavy atom. The lowest BCUT2D eigenvalue weighted by molar-refractivity contribution is 0.402. The Bertz CT molecular complexity index is 1520. The highest BCUT2D eigenvalue weighted by molar-refractivity contribution is 7.80. The highest BCUT2D eigenvalue weighted by Crippen LogP contribution is 2.46. The Kier molecular flexibility index (Phi) is 5.79. The summed E-state index contributed by atoms with van der Waals surface area (Å²) in [7, 11) is 3.31. The molecule has 0 aliphatic carbocycles. The smallest absolute Gasteiger partial charge is 0.194 e. The Balaban J connectivity index is 1.54. The number of nitrogens with zero attached hydrogens (tertiary/aromatic N) is 4. The van der Waals surface area contributed by atoms with Crippen LogP contribution in [0.5, 0.6) is 11.5 Å². The molecule has 1 fully saturated rings. The fraction of sp³-hybridized carbons (Fsp3) is 0.148. The third-order valence-electron chi connectivity index (χ3n) is 6.32. The van der Waals surface area contributed by atoms with Gasteiger partial charge in [0.2, 0.25) is 0 Å². The zero-order valence-corrected chi connectivity index (χ0v) is 21.3. The van der Waals surface area contributed by atoms with Crippen molar-refractivity contribution in [2.45, 2.75) is 12.1 Å². The third kappa shape index (κ3) is 3.77.